The second kappa shape index (κ2) is 3.51. The zero-order chi connectivity index (χ0) is 11.8. The van der Waals surface area contributed by atoms with Crippen LogP contribution in [0.4, 0.5) is 13.2 Å². The van der Waals surface area contributed by atoms with Gasteiger partial charge in [0.1, 0.15) is 5.82 Å². The molecule has 84 valence electrons. The molecule has 0 fully saturated rings. The van der Waals surface area contributed by atoms with E-state index in [0.717, 1.165) is 12.4 Å². The second-order valence-corrected chi connectivity index (χ2v) is 3.08. The first-order chi connectivity index (χ1) is 7.47. The van der Waals surface area contributed by atoms with Crippen molar-refractivity contribution in [2.75, 3.05) is 0 Å². The standard InChI is InChI=1S/C9H6F3N3O/c10-9(11,12)7-4-13-8(14-7)6-2-1-3-15(16)5-6/h1-5H,(H,13,14). The second-order valence-electron chi connectivity index (χ2n) is 3.08. The highest BCUT2D eigenvalue weighted by molar-refractivity contribution is 5.52. The minimum Gasteiger partial charge on any atom is -0.619 e. The average molecular weight is 229 g/mol. The third-order valence-electron chi connectivity index (χ3n) is 1.92. The molecule has 0 saturated carbocycles. The molecule has 2 heterocycles. The molecule has 0 bridgehead atoms. The molecular weight excluding hydrogens is 223 g/mol. The molecule has 0 aliphatic rings. The highest BCUT2D eigenvalue weighted by Gasteiger charge is 2.33. The van der Waals surface area contributed by atoms with Crippen LogP contribution in [-0.4, -0.2) is 9.97 Å². The van der Waals surface area contributed by atoms with Crippen molar-refractivity contribution >= 4 is 0 Å². The lowest BCUT2D eigenvalue weighted by Crippen LogP contribution is -2.24. The molecule has 0 atom stereocenters. The number of imidazole rings is 1. The molecule has 16 heavy (non-hydrogen) atoms. The predicted molar refractivity (Wildman–Crippen MR) is 48.0 cm³/mol. The number of hydrogen-bond acceptors (Lipinski definition) is 2. The van der Waals surface area contributed by atoms with Crippen molar-refractivity contribution < 1.29 is 17.9 Å². The third-order valence-corrected chi connectivity index (χ3v) is 1.92. The zero-order valence-electron chi connectivity index (χ0n) is 7.82. The fraction of sp³-hybridized carbons (Fsp3) is 0.111. The number of aromatic amines is 1. The Morgan fingerprint density at radius 2 is 2.12 bits per heavy atom. The van der Waals surface area contributed by atoms with Gasteiger partial charge in [0.2, 0.25) is 0 Å². The van der Waals surface area contributed by atoms with Gasteiger partial charge in [-0.05, 0) is 6.07 Å². The molecule has 7 heteroatoms. The molecule has 2 aromatic rings. The van der Waals surface area contributed by atoms with Gasteiger partial charge in [-0.1, -0.05) is 0 Å². The quantitative estimate of drug-likeness (QED) is 0.598. The summed E-state index contributed by atoms with van der Waals surface area (Å²) in [6, 6.07) is 2.92. The Morgan fingerprint density at radius 1 is 1.38 bits per heavy atom. The molecule has 0 spiro atoms. The van der Waals surface area contributed by atoms with Gasteiger partial charge >= 0.3 is 6.18 Å². The number of alkyl halides is 3. The Bertz CT molecular complexity index is 507. The normalized spacial score (nSPS) is 11.7. The number of pyridine rings is 1. The molecular formula is C9H6F3N3O. The van der Waals surface area contributed by atoms with Crippen molar-refractivity contribution in [2.24, 2.45) is 0 Å². The average Bonchev–Trinajstić information content (AvgIpc) is 2.65. The van der Waals surface area contributed by atoms with Gasteiger partial charge < -0.3 is 10.2 Å². The Labute approximate surface area is 88.0 Å². The van der Waals surface area contributed by atoms with E-state index in [9.17, 15) is 18.4 Å². The number of nitrogens with one attached hydrogen (secondary N) is 1. The van der Waals surface area contributed by atoms with E-state index in [1.165, 1.54) is 18.3 Å². The Balaban J connectivity index is 2.39. The van der Waals surface area contributed by atoms with E-state index in [2.05, 4.69) is 9.97 Å². The highest BCUT2D eigenvalue weighted by atomic mass is 19.4. The van der Waals surface area contributed by atoms with Crippen molar-refractivity contribution in [1.82, 2.24) is 9.97 Å². The van der Waals surface area contributed by atoms with Gasteiger partial charge in [0.15, 0.2) is 18.1 Å². The molecule has 0 aromatic carbocycles. The first kappa shape index (κ1) is 10.5. The van der Waals surface area contributed by atoms with Gasteiger partial charge in [-0.2, -0.15) is 17.9 Å². The lowest BCUT2D eigenvalue weighted by atomic mass is 10.3. The molecule has 1 N–H and O–H groups in total. The molecule has 2 aromatic heterocycles. The summed E-state index contributed by atoms with van der Waals surface area (Å²) in [6.07, 6.45) is -1.36. The van der Waals surface area contributed by atoms with Crippen LogP contribution in [0.1, 0.15) is 5.69 Å². The summed E-state index contributed by atoms with van der Waals surface area (Å²) < 4.78 is 37.2. The third kappa shape index (κ3) is 1.97. The number of aromatic nitrogens is 3. The van der Waals surface area contributed by atoms with E-state index >= 15 is 0 Å². The smallest absolute Gasteiger partial charge is 0.434 e. The van der Waals surface area contributed by atoms with Gasteiger partial charge in [-0.15, -0.1) is 0 Å². The van der Waals surface area contributed by atoms with Gasteiger partial charge in [0, 0.05) is 12.3 Å². The van der Waals surface area contributed by atoms with Crippen molar-refractivity contribution in [1.29, 1.82) is 0 Å². The maximum absolute atomic E-state index is 12.2. The van der Waals surface area contributed by atoms with Gasteiger partial charge in [-0.25, -0.2) is 4.98 Å². The van der Waals surface area contributed by atoms with Crippen molar-refractivity contribution in [3.8, 4) is 11.4 Å². The lowest BCUT2D eigenvalue weighted by Gasteiger charge is -2.00. The lowest BCUT2D eigenvalue weighted by molar-refractivity contribution is -0.604. The summed E-state index contributed by atoms with van der Waals surface area (Å²) in [6.45, 7) is 0. The van der Waals surface area contributed by atoms with E-state index in [-0.39, 0.29) is 5.82 Å². The Hall–Kier alpha value is -2.05. The van der Waals surface area contributed by atoms with Crippen LogP contribution in [0.25, 0.3) is 11.4 Å². The van der Waals surface area contributed by atoms with Crippen LogP contribution in [0.3, 0.4) is 0 Å². The molecule has 0 aliphatic heterocycles. The fourth-order valence-corrected chi connectivity index (χ4v) is 1.21. The number of rotatable bonds is 1. The van der Waals surface area contributed by atoms with E-state index in [0.29, 0.717) is 10.3 Å². The van der Waals surface area contributed by atoms with Gasteiger partial charge in [-0.3, -0.25) is 0 Å². The number of halogens is 3. The summed E-state index contributed by atoms with van der Waals surface area (Å²) in [5.74, 6) is 0.0116. The van der Waals surface area contributed by atoms with Crippen LogP contribution >= 0.6 is 0 Å². The van der Waals surface area contributed by atoms with Gasteiger partial charge in [0.25, 0.3) is 0 Å². The van der Waals surface area contributed by atoms with E-state index in [1.807, 2.05) is 0 Å². The molecule has 0 unspecified atom stereocenters. The van der Waals surface area contributed by atoms with E-state index in [4.69, 9.17) is 0 Å². The summed E-state index contributed by atoms with van der Waals surface area (Å²) in [5, 5.41) is 10.9. The van der Waals surface area contributed by atoms with Crippen LogP contribution in [0.5, 0.6) is 0 Å². The van der Waals surface area contributed by atoms with Crippen LogP contribution in [-0.2, 0) is 6.18 Å². The van der Waals surface area contributed by atoms with Crippen molar-refractivity contribution in [3.05, 3.63) is 41.6 Å². The first-order valence-electron chi connectivity index (χ1n) is 4.28. The Kier molecular flexibility index (Phi) is 2.30. The largest absolute Gasteiger partial charge is 0.619 e. The topological polar surface area (TPSA) is 55.6 Å². The summed E-state index contributed by atoms with van der Waals surface area (Å²) >= 11 is 0. The van der Waals surface area contributed by atoms with Crippen molar-refractivity contribution in [2.45, 2.75) is 6.18 Å². The number of H-pyrrole nitrogens is 1. The molecule has 2 rings (SSSR count). The van der Waals surface area contributed by atoms with Crippen LogP contribution < -0.4 is 4.73 Å². The van der Waals surface area contributed by atoms with Crippen LogP contribution in [0, 0.1) is 5.21 Å². The highest BCUT2D eigenvalue weighted by Crippen LogP contribution is 2.28. The maximum atomic E-state index is 12.2. The molecule has 0 amide bonds. The summed E-state index contributed by atoms with van der Waals surface area (Å²) in [4.78, 5) is 5.73. The minimum atomic E-state index is -4.49. The van der Waals surface area contributed by atoms with Crippen molar-refractivity contribution in [3.63, 3.8) is 0 Å². The molecule has 4 nitrogen and oxygen atoms in total. The zero-order valence-corrected chi connectivity index (χ0v) is 7.82. The number of nitrogens with zero attached hydrogens (tertiary/aromatic N) is 2. The van der Waals surface area contributed by atoms with E-state index in [1.54, 1.807) is 0 Å². The molecule has 0 saturated heterocycles. The summed E-state index contributed by atoms with van der Waals surface area (Å²) in [5.41, 5.74) is -0.711. The van der Waals surface area contributed by atoms with Crippen LogP contribution in [0.2, 0.25) is 0 Å². The predicted octanol–water partition coefficient (Wildman–Crippen LogP) is 1.73. The van der Waals surface area contributed by atoms with Crippen LogP contribution in [0.15, 0.2) is 30.7 Å². The van der Waals surface area contributed by atoms with Gasteiger partial charge in [0.05, 0.1) is 5.56 Å². The first-order valence-corrected chi connectivity index (χ1v) is 4.28. The SMILES string of the molecule is [O-][n+]1cccc(-c2nc(C(F)(F)F)c[nH]2)c1. The van der Waals surface area contributed by atoms with E-state index < -0.39 is 11.9 Å². The number of hydrogen-bond donors (Lipinski definition) is 1. The minimum absolute atomic E-state index is 0.0116. The molecule has 0 radical (unpaired) electrons. The Morgan fingerprint density at radius 3 is 2.69 bits per heavy atom. The monoisotopic (exact) mass is 229 g/mol. The maximum Gasteiger partial charge on any atom is 0.434 e. The summed E-state index contributed by atoms with van der Waals surface area (Å²) in [7, 11) is 0. The fourth-order valence-electron chi connectivity index (χ4n) is 1.21. The molecule has 0 aliphatic carbocycles.